The number of amides is 1. The van der Waals surface area contributed by atoms with Gasteiger partial charge in [-0.2, -0.15) is 0 Å². The summed E-state index contributed by atoms with van der Waals surface area (Å²) in [4.78, 5) is 19.3. The Balaban J connectivity index is 1.68. The highest BCUT2D eigenvalue weighted by molar-refractivity contribution is 6.05. The Morgan fingerprint density at radius 1 is 1.04 bits per heavy atom. The molecule has 122 valence electrons. The van der Waals surface area contributed by atoms with Crippen LogP contribution in [-0.4, -0.2) is 15.9 Å². The van der Waals surface area contributed by atoms with Crippen LogP contribution in [0.25, 0.3) is 0 Å². The van der Waals surface area contributed by atoms with Crippen molar-refractivity contribution in [2.75, 3.05) is 5.32 Å². The van der Waals surface area contributed by atoms with Gasteiger partial charge >= 0.3 is 0 Å². The van der Waals surface area contributed by atoms with E-state index >= 15 is 0 Å². The minimum atomic E-state index is -0.168. The Morgan fingerprint density at radius 3 is 2.50 bits per heavy atom. The zero-order valence-electron chi connectivity index (χ0n) is 13.9. The number of carbonyl (C=O) groups excluding carboxylic acids is 1. The summed E-state index contributed by atoms with van der Waals surface area (Å²) in [5.74, 6) is 1.05. The molecule has 0 bridgehead atoms. The number of hydrogen-bond acceptors (Lipinski definition) is 3. The fourth-order valence-electron chi connectivity index (χ4n) is 2.30. The summed E-state index contributed by atoms with van der Waals surface area (Å²) in [5.41, 5.74) is 4.51. The van der Waals surface area contributed by atoms with Crippen LogP contribution in [0.15, 0.2) is 48.9 Å². The van der Waals surface area contributed by atoms with Crippen molar-refractivity contribution in [1.29, 1.82) is 0 Å². The summed E-state index contributed by atoms with van der Waals surface area (Å²) in [7, 11) is 0. The number of aromatic amines is 1. The number of carbonyl (C=O) groups is 1. The fraction of sp³-hybridized carbons (Fsp3) is 0.158. The van der Waals surface area contributed by atoms with Gasteiger partial charge in [-0.25, -0.2) is 4.98 Å². The highest BCUT2D eigenvalue weighted by Gasteiger charge is 2.10. The van der Waals surface area contributed by atoms with Gasteiger partial charge in [-0.15, -0.1) is 0 Å². The van der Waals surface area contributed by atoms with Crippen molar-refractivity contribution in [3.8, 4) is 11.6 Å². The molecule has 0 fully saturated rings. The molecule has 5 nitrogen and oxygen atoms in total. The average Bonchev–Trinajstić information content (AvgIpc) is 2.99. The number of benzene rings is 1. The van der Waals surface area contributed by atoms with E-state index in [0.29, 0.717) is 17.1 Å². The lowest BCUT2D eigenvalue weighted by Crippen LogP contribution is -2.12. The van der Waals surface area contributed by atoms with E-state index in [4.69, 9.17) is 4.74 Å². The van der Waals surface area contributed by atoms with E-state index in [9.17, 15) is 4.79 Å². The van der Waals surface area contributed by atoms with Crippen LogP contribution in [0.2, 0.25) is 0 Å². The molecule has 0 aliphatic rings. The standard InChI is InChI=1S/C19H19N3O2/c1-12-4-6-16(8-13(12)2)24-18-7-5-15(10-21-18)22-19(23)17-11-20-9-14(17)3/h4-11,20H,1-3H3,(H,22,23). The van der Waals surface area contributed by atoms with Crippen LogP contribution in [-0.2, 0) is 0 Å². The van der Waals surface area contributed by atoms with Crippen LogP contribution >= 0.6 is 0 Å². The Hall–Kier alpha value is -3.08. The van der Waals surface area contributed by atoms with E-state index in [1.807, 2.05) is 32.0 Å². The molecule has 1 amide bonds. The smallest absolute Gasteiger partial charge is 0.257 e. The molecule has 1 aromatic carbocycles. The molecule has 0 spiro atoms. The van der Waals surface area contributed by atoms with Crippen LogP contribution in [0.5, 0.6) is 11.6 Å². The molecule has 3 aromatic rings. The third-order valence-corrected chi connectivity index (χ3v) is 3.89. The van der Waals surface area contributed by atoms with Crippen LogP contribution in [0.3, 0.4) is 0 Å². The quantitative estimate of drug-likeness (QED) is 0.749. The highest BCUT2D eigenvalue weighted by Crippen LogP contribution is 2.23. The van der Waals surface area contributed by atoms with Gasteiger partial charge in [0.2, 0.25) is 5.88 Å². The van der Waals surface area contributed by atoms with Crippen molar-refractivity contribution in [3.63, 3.8) is 0 Å². The maximum absolute atomic E-state index is 12.2. The summed E-state index contributed by atoms with van der Waals surface area (Å²) in [6.45, 7) is 5.97. The summed E-state index contributed by atoms with van der Waals surface area (Å²) in [6, 6.07) is 9.40. The molecule has 0 aliphatic carbocycles. The van der Waals surface area contributed by atoms with Gasteiger partial charge < -0.3 is 15.0 Å². The molecule has 24 heavy (non-hydrogen) atoms. The number of aryl methyl sites for hydroxylation is 3. The number of pyridine rings is 1. The first-order valence-corrected chi connectivity index (χ1v) is 7.69. The van der Waals surface area contributed by atoms with Gasteiger partial charge in [-0.05, 0) is 55.7 Å². The first kappa shape index (κ1) is 15.8. The predicted molar refractivity (Wildman–Crippen MR) is 93.7 cm³/mol. The Labute approximate surface area is 140 Å². The highest BCUT2D eigenvalue weighted by atomic mass is 16.5. The molecule has 2 heterocycles. The Bertz CT molecular complexity index is 867. The van der Waals surface area contributed by atoms with Crippen molar-refractivity contribution in [1.82, 2.24) is 9.97 Å². The predicted octanol–water partition coefficient (Wildman–Crippen LogP) is 4.38. The Kier molecular flexibility index (Phi) is 4.33. The molecule has 0 unspecified atom stereocenters. The molecule has 0 atom stereocenters. The molecule has 3 rings (SSSR count). The largest absolute Gasteiger partial charge is 0.439 e. The topological polar surface area (TPSA) is 67.0 Å². The number of anilines is 1. The number of aromatic nitrogens is 2. The van der Waals surface area contributed by atoms with Crippen molar-refractivity contribution < 1.29 is 9.53 Å². The lowest BCUT2D eigenvalue weighted by Gasteiger charge is -2.08. The van der Waals surface area contributed by atoms with Crippen LogP contribution in [0.4, 0.5) is 5.69 Å². The maximum atomic E-state index is 12.2. The summed E-state index contributed by atoms with van der Waals surface area (Å²) >= 11 is 0. The minimum Gasteiger partial charge on any atom is -0.439 e. The number of nitrogens with one attached hydrogen (secondary N) is 2. The first-order valence-electron chi connectivity index (χ1n) is 7.69. The van der Waals surface area contributed by atoms with E-state index in [1.54, 1.807) is 30.7 Å². The molecule has 2 N–H and O–H groups in total. The molecule has 0 aliphatic heterocycles. The van der Waals surface area contributed by atoms with E-state index in [1.165, 1.54) is 11.1 Å². The van der Waals surface area contributed by atoms with Gasteiger partial charge in [0.05, 0.1) is 17.4 Å². The zero-order valence-corrected chi connectivity index (χ0v) is 13.9. The normalized spacial score (nSPS) is 10.5. The second-order valence-corrected chi connectivity index (χ2v) is 5.74. The molecule has 0 saturated heterocycles. The maximum Gasteiger partial charge on any atom is 0.257 e. The van der Waals surface area contributed by atoms with E-state index in [0.717, 1.165) is 11.3 Å². The molecule has 2 aromatic heterocycles. The van der Waals surface area contributed by atoms with Gasteiger partial charge in [-0.3, -0.25) is 4.79 Å². The number of hydrogen-bond donors (Lipinski definition) is 2. The zero-order chi connectivity index (χ0) is 17.1. The molecule has 0 saturated carbocycles. The van der Waals surface area contributed by atoms with Gasteiger partial charge in [-0.1, -0.05) is 6.07 Å². The number of ether oxygens (including phenoxy) is 1. The minimum absolute atomic E-state index is 0.168. The van der Waals surface area contributed by atoms with Gasteiger partial charge in [0.25, 0.3) is 5.91 Å². The summed E-state index contributed by atoms with van der Waals surface area (Å²) in [6.07, 6.45) is 5.04. The Morgan fingerprint density at radius 2 is 1.88 bits per heavy atom. The van der Waals surface area contributed by atoms with Crippen molar-refractivity contribution in [3.05, 3.63) is 71.2 Å². The monoisotopic (exact) mass is 321 g/mol. The lowest BCUT2D eigenvalue weighted by atomic mass is 10.1. The van der Waals surface area contributed by atoms with Crippen LogP contribution in [0.1, 0.15) is 27.0 Å². The number of H-pyrrole nitrogens is 1. The summed E-state index contributed by atoms with van der Waals surface area (Å²) < 4.78 is 5.74. The van der Waals surface area contributed by atoms with E-state index < -0.39 is 0 Å². The lowest BCUT2D eigenvalue weighted by molar-refractivity contribution is 0.102. The fourth-order valence-corrected chi connectivity index (χ4v) is 2.30. The molecule has 5 heteroatoms. The van der Waals surface area contributed by atoms with E-state index in [-0.39, 0.29) is 5.91 Å². The second-order valence-electron chi connectivity index (χ2n) is 5.74. The molecular weight excluding hydrogens is 302 g/mol. The van der Waals surface area contributed by atoms with E-state index in [2.05, 4.69) is 22.2 Å². The molecule has 0 radical (unpaired) electrons. The average molecular weight is 321 g/mol. The van der Waals surface area contributed by atoms with Gasteiger partial charge in [0.1, 0.15) is 5.75 Å². The van der Waals surface area contributed by atoms with Crippen molar-refractivity contribution >= 4 is 11.6 Å². The number of rotatable bonds is 4. The molecular formula is C19H19N3O2. The second kappa shape index (κ2) is 6.58. The van der Waals surface area contributed by atoms with Crippen LogP contribution < -0.4 is 10.1 Å². The van der Waals surface area contributed by atoms with Crippen molar-refractivity contribution in [2.45, 2.75) is 20.8 Å². The summed E-state index contributed by atoms with van der Waals surface area (Å²) in [5, 5.41) is 2.82. The number of nitrogens with zero attached hydrogens (tertiary/aromatic N) is 1. The third-order valence-electron chi connectivity index (χ3n) is 3.89. The van der Waals surface area contributed by atoms with Gasteiger partial charge in [0.15, 0.2) is 0 Å². The van der Waals surface area contributed by atoms with Crippen molar-refractivity contribution in [2.24, 2.45) is 0 Å². The first-order chi connectivity index (χ1) is 11.5. The van der Waals surface area contributed by atoms with Gasteiger partial charge in [0, 0.05) is 18.5 Å². The third kappa shape index (κ3) is 3.46. The SMILES string of the molecule is Cc1ccc(Oc2ccc(NC(=O)c3c[nH]cc3C)cn2)cc1C. The van der Waals surface area contributed by atoms with Crippen LogP contribution in [0, 0.1) is 20.8 Å².